The van der Waals surface area contributed by atoms with E-state index in [0.717, 1.165) is 0 Å². The van der Waals surface area contributed by atoms with Crippen molar-refractivity contribution < 1.29 is 46.0 Å². The van der Waals surface area contributed by atoms with Gasteiger partial charge in [-0.25, -0.2) is 0 Å². The van der Waals surface area contributed by atoms with Gasteiger partial charge in [-0.3, -0.25) is 0 Å². The molecule has 7 heteroatoms. The molecule has 0 unspecified atom stereocenters. The van der Waals surface area contributed by atoms with Crippen LogP contribution >= 0.6 is 0 Å². The Morgan fingerprint density at radius 1 is 0.355 bits per heavy atom. The Morgan fingerprint density at radius 2 is 0.419 bits per heavy atom. The summed E-state index contributed by atoms with van der Waals surface area (Å²) < 4.78 is 0. The Bertz CT molecular complexity index is 301. The summed E-state index contributed by atoms with van der Waals surface area (Å²) in [6, 6.07) is 0. The van der Waals surface area contributed by atoms with Crippen molar-refractivity contribution >= 4 is 16.6 Å². The van der Waals surface area contributed by atoms with Gasteiger partial charge in [-0.2, -0.15) is 0 Å². The molecule has 0 saturated carbocycles. The quantitative estimate of drug-likeness (QED) is 0.262. The molecule has 0 radical (unpaired) electrons. The van der Waals surface area contributed by atoms with Crippen LogP contribution in [0.5, 0.6) is 0 Å². The Labute approximate surface area is 218 Å². The van der Waals surface area contributed by atoms with Crippen molar-refractivity contribution in [2.75, 3.05) is 0 Å². The second kappa shape index (κ2) is 20.5. The van der Waals surface area contributed by atoms with E-state index >= 15 is 0 Å². The molecule has 192 valence electrons. The van der Waals surface area contributed by atoms with E-state index in [2.05, 4.69) is 83.1 Å². The van der Waals surface area contributed by atoms with Gasteiger partial charge in [-0.15, -0.1) is 0 Å². The van der Waals surface area contributed by atoms with Gasteiger partial charge < -0.3 is 19.8 Å². The molecule has 0 aromatic heterocycles. The third-order valence-corrected chi connectivity index (χ3v) is 16.6. The van der Waals surface area contributed by atoms with Crippen LogP contribution < -0.4 is 0 Å². The van der Waals surface area contributed by atoms with Gasteiger partial charge in [0.05, 0.1) is 0 Å². The zero-order chi connectivity index (χ0) is 25.6. The Morgan fingerprint density at radius 3 is 0.419 bits per heavy atom. The molecule has 31 heavy (non-hydrogen) atoms. The first-order valence-electron chi connectivity index (χ1n) is 11.9. The van der Waals surface area contributed by atoms with Crippen LogP contribution in [0.2, 0.25) is 33.2 Å². The summed E-state index contributed by atoms with van der Waals surface area (Å²) in [6.45, 7) is 32.6. The van der Waals surface area contributed by atoms with E-state index in [1.54, 1.807) is 27.7 Å². The third kappa shape index (κ3) is 19.2. The van der Waals surface area contributed by atoms with Crippen molar-refractivity contribution in [2.24, 2.45) is 0 Å². The second-order valence-corrected chi connectivity index (χ2v) is 21.4. The zero-order valence-electron chi connectivity index (χ0n) is 23.9. The van der Waals surface area contributed by atoms with Gasteiger partial charge in [-0.05, 0) is 60.9 Å². The summed E-state index contributed by atoms with van der Waals surface area (Å²) in [4.78, 5) is 20.8. The predicted molar refractivity (Wildman–Crippen MR) is 141 cm³/mol. The molecule has 0 aromatic carbocycles. The van der Waals surface area contributed by atoms with Crippen molar-refractivity contribution in [3.63, 3.8) is 0 Å². The van der Waals surface area contributed by atoms with Crippen LogP contribution in [-0.4, -0.2) is 48.6 Å². The van der Waals surface area contributed by atoms with Gasteiger partial charge in [0.1, 0.15) is 0 Å². The number of hydrogen-bond acceptors (Lipinski definition) is 4. The van der Waals surface area contributed by atoms with Gasteiger partial charge in [0.15, 0.2) is 16.6 Å². The topological polar surface area (TPSA) is 80.9 Å². The molecule has 0 fully saturated rings. The Hall–Kier alpha value is 1.16. The van der Waals surface area contributed by atoms with E-state index in [1.807, 2.05) is 0 Å². The molecule has 0 aliphatic heterocycles. The molecule has 0 bridgehead atoms. The molecule has 0 atom stereocenters. The van der Waals surface area contributed by atoms with E-state index in [1.165, 1.54) is 0 Å². The summed E-state index contributed by atoms with van der Waals surface area (Å²) in [7, 11) is -3.96. The minimum absolute atomic E-state index is 0. The molecule has 4 nitrogen and oxygen atoms in total. The molecule has 0 aromatic rings. The summed E-state index contributed by atoms with van der Waals surface area (Å²) in [5.74, 6) is 0. The summed E-state index contributed by atoms with van der Waals surface area (Å²) in [5.41, 5.74) is 2.85. The molecule has 4 N–H and O–H groups in total. The Kier molecular flexibility index (Phi) is 28.0. The first kappa shape index (κ1) is 42.3. The smallest absolute Gasteiger partial charge is 0.196 e. The fourth-order valence-corrected chi connectivity index (χ4v) is 12.0. The molecule has 0 rings (SSSR count). The summed E-state index contributed by atoms with van der Waals surface area (Å²) >= 11 is 0. The summed E-state index contributed by atoms with van der Waals surface area (Å²) in [5, 5.41) is 16.1. The zero-order valence-corrected chi connectivity index (χ0v) is 28.4. The van der Waals surface area contributed by atoms with Crippen LogP contribution in [0.3, 0.4) is 0 Å². The van der Waals surface area contributed by atoms with E-state index in [4.69, 9.17) is 10.2 Å². The molecule has 0 aliphatic carbocycles. The molecule has 0 aliphatic rings. The van der Waals surface area contributed by atoms with Crippen molar-refractivity contribution in [3.8, 4) is 0 Å². The van der Waals surface area contributed by atoms with Crippen molar-refractivity contribution in [1.82, 2.24) is 0 Å². The predicted octanol–water partition coefficient (Wildman–Crippen LogP) is 7.08. The van der Waals surface area contributed by atoms with Crippen LogP contribution in [-0.2, 0) is 26.2 Å². The van der Waals surface area contributed by atoms with Gasteiger partial charge in [0, 0.05) is 38.4 Å². The largest absolute Gasteiger partial charge is 0.431 e. The van der Waals surface area contributed by atoms with E-state index in [-0.39, 0.29) is 38.4 Å². The van der Waals surface area contributed by atoms with E-state index in [0.29, 0.717) is 33.2 Å². The first-order valence-corrected chi connectivity index (χ1v) is 16.3. The van der Waals surface area contributed by atoms with Gasteiger partial charge in [0.25, 0.3) is 0 Å². The molecule has 0 amide bonds. The van der Waals surface area contributed by atoms with Crippen LogP contribution in [0.15, 0.2) is 0 Å². The Balaban J connectivity index is -0.000000106. The van der Waals surface area contributed by atoms with E-state index in [9.17, 15) is 9.59 Å². The normalized spacial score (nSPS) is 12.0. The molecule has 0 spiro atoms. The minimum atomic E-state index is -1.98. The standard InChI is InChI=1S/2C9H22OSi.2C3H8O.Zr/c2*1-7(2)11(10,8(3)4)9(5)6;2*1-3(2)4;/h2*7-10H,1-6H3;2*3-4H,1-2H3;. The molecule has 0 saturated heterocycles. The molecule has 0 heterocycles. The van der Waals surface area contributed by atoms with Gasteiger partial charge in [-0.1, -0.05) is 83.1 Å². The maximum absolute atomic E-state index is 10.4. The second-order valence-electron chi connectivity index (χ2n) is 10.9. The average molecular weight is 560 g/mol. The fraction of sp³-hybridized carbons (Fsp3) is 1.00. The maximum Gasteiger partial charge on any atom is 0.196 e. The fourth-order valence-electron chi connectivity index (χ4n) is 4.00. The van der Waals surface area contributed by atoms with Gasteiger partial charge in [0.2, 0.25) is 0 Å². The number of hydrogen-bond donors (Lipinski definition) is 4. The first-order chi connectivity index (χ1) is 13.1. The summed E-state index contributed by atoms with van der Waals surface area (Å²) in [6.07, 6.45) is -0.333. The third-order valence-electron chi connectivity index (χ3n) is 5.55. The van der Waals surface area contributed by atoms with Crippen LogP contribution in [0.25, 0.3) is 0 Å². The number of aliphatic hydroxyl groups is 2. The van der Waals surface area contributed by atoms with Gasteiger partial charge >= 0.3 is 0 Å². The van der Waals surface area contributed by atoms with Crippen molar-refractivity contribution in [1.29, 1.82) is 0 Å². The SMILES string of the molecule is CC(C)O.CC(C)O.CC(C)[Si](O)(C(C)C)C(C)C.CC(C)[Si](O)(C(C)C)C(C)C.[Zr]. The molecular formula is C24H60O4Si2Zr. The van der Waals surface area contributed by atoms with Crippen molar-refractivity contribution in [3.05, 3.63) is 0 Å². The molecular weight excluding hydrogens is 500 g/mol. The van der Waals surface area contributed by atoms with Crippen LogP contribution in [0.4, 0.5) is 0 Å². The maximum atomic E-state index is 10.4. The van der Waals surface area contributed by atoms with Crippen molar-refractivity contribution in [2.45, 2.75) is 156 Å². The average Bonchev–Trinajstić information content (AvgIpc) is 2.51. The number of aliphatic hydroxyl groups excluding tert-OH is 2. The minimum Gasteiger partial charge on any atom is -0.431 e. The van der Waals surface area contributed by atoms with E-state index < -0.39 is 16.6 Å². The monoisotopic (exact) mass is 558 g/mol. The number of rotatable bonds is 6. The van der Waals surface area contributed by atoms with Crippen LogP contribution in [0, 0.1) is 0 Å². The van der Waals surface area contributed by atoms with Crippen LogP contribution in [0.1, 0.15) is 111 Å².